The molecule has 1 unspecified atom stereocenters. The van der Waals surface area contributed by atoms with E-state index in [0.717, 1.165) is 19.4 Å². The summed E-state index contributed by atoms with van der Waals surface area (Å²) in [6.45, 7) is 5.58. The van der Waals surface area contributed by atoms with Gasteiger partial charge in [-0.1, -0.05) is 33.1 Å². The zero-order chi connectivity index (χ0) is 10.6. The van der Waals surface area contributed by atoms with Crippen molar-refractivity contribution in [2.24, 2.45) is 0 Å². The Morgan fingerprint density at radius 1 is 1.14 bits per heavy atom. The molecule has 0 aromatic heterocycles. The molecule has 1 atom stereocenters. The lowest BCUT2D eigenvalue weighted by molar-refractivity contribution is 0.439. The molecule has 0 aromatic carbocycles. The fraction of sp³-hybridized carbons (Fsp3) is 0.846. The van der Waals surface area contributed by atoms with Gasteiger partial charge in [-0.3, -0.25) is 0 Å². The van der Waals surface area contributed by atoms with Crippen molar-refractivity contribution < 1.29 is 0 Å². The lowest BCUT2D eigenvalue weighted by atomic mass is 10.0. The Bertz CT molecular complexity index is 146. The van der Waals surface area contributed by atoms with Gasteiger partial charge in [0.15, 0.2) is 0 Å². The number of nitrogens with one attached hydrogen (secondary N) is 1. The summed E-state index contributed by atoms with van der Waals surface area (Å²) >= 11 is 0. The Morgan fingerprint density at radius 3 is 2.50 bits per heavy atom. The number of hydrogen-bond acceptors (Lipinski definition) is 1. The van der Waals surface area contributed by atoms with Gasteiger partial charge in [-0.15, -0.1) is 12.3 Å². The maximum Gasteiger partial charge on any atom is 0.0101 e. The van der Waals surface area contributed by atoms with Crippen molar-refractivity contribution in [2.45, 2.75) is 64.8 Å². The number of terminal acetylenes is 1. The van der Waals surface area contributed by atoms with Gasteiger partial charge in [0.1, 0.15) is 0 Å². The molecular formula is C13H25N. The highest BCUT2D eigenvalue weighted by atomic mass is 14.9. The van der Waals surface area contributed by atoms with E-state index in [1.54, 1.807) is 0 Å². The zero-order valence-corrected chi connectivity index (χ0v) is 9.81. The predicted molar refractivity (Wildman–Crippen MR) is 64.3 cm³/mol. The molecule has 0 rings (SSSR count). The number of hydrogen-bond donors (Lipinski definition) is 1. The minimum Gasteiger partial charge on any atom is -0.314 e. The summed E-state index contributed by atoms with van der Waals surface area (Å²) in [5, 5.41) is 3.57. The maximum atomic E-state index is 5.28. The normalized spacial score (nSPS) is 12.4. The topological polar surface area (TPSA) is 12.0 Å². The molecule has 0 fully saturated rings. The van der Waals surface area contributed by atoms with Crippen LogP contribution >= 0.6 is 0 Å². The van der Waals surface area contributed by atoms with Gasteiger partial charge in [0.2, 0.25) is 0 Å². The molecule has 0 aromatic rings. The Balaban J connectivity index is 3.56. The first-order valence-electron chi connectivity index (χ1n) is 6.02. The molecule has 1 N–H and O–H groups in total. The fourth-order valence-corrected chi connectivity index (χ4v) is 1.60. The standard InChI is InChI=1S/C13H25N/c1-4-7-9-11-13(10-8-5-2)14-12-6-3/h2,13-14H,4,6-12H2,1,3H3. The summed E-state index contributed by atoms with van der Waals surface area (Å²) in [4.78, 5) is 0. The van der Waals surface area contributed by atoms with E-state index in [0.29, 0.717) is 6.04 Å². The first-order chi connectivity index (χ1) is 6.85. The van der Waals surface area contributed by atoms with Crippen LogP contribution < -0.4 is 5.32 Å². The highest BCUT2D eigenvalue weighted by molar-refractivity contribution is 4.85. The first kappa shape index (κ1) is 13.5. The van der Waals surface area contributed by atoms with Gasteiger partial charge >= 0.3 is 0 Å². The summed E-state index contributed by atoms with van der Waals surface area (Å²) < 4.78 is 0. The van der Waals surface area contributed by atoms with Crippen molar-refractivity contribution in [3.8, 4) is 12.3 Å². The second-order valence-corrected chi connectivity index (χ2v) is 3.89. The Hall–Kier alpha value is -0.480. The van der Waals surface area contributed by atoms with Crippen LogP contribution in [0.5, 0.6) is 0 Å². The molecule has 0 saturated heterocycles. The maximum absolute atomic E-state index is 5.28. The van der Waals surface area contributed by atoms with E-state index in [9.17, 15) is 0 Å². The van der Waals surface area contributed by atoms with E-state index in [-0.39, 0.29) is 0 Å². The van der Waals surface area contributed by atoms with E-state index in [1.165, 1.54) is 32.1 Å². The quantitative estimate of drug-likeness (QED) is 0.439. The van der Waals surface area contributed by atoms with E-state index in [4.69, 9.17) is 6.42 Å². The molecule has 1 heteroatoms. The van der Waals surface area contributed by atoms with Crippen LogP contribution in [0, 0.1) is 12.3 Å². The molecule has 0 aliphatic carbocycles. The number of unbranched alkanes of at least 4 members (excludes halogenated alkanes) is 2. The summed E-state index contributed by atoms with van der Waals surface area (Å²) in [6.07, 6.45) is 13.8. The van der Waals surface area contributed by atoms with Gasteiger partial charge in [0.05, 0.1) is 0 Å². The smallest absolute Gasteiger partial charge is 0.0101 e. The molecule has 0 radical (unpaired) electrons. The van der Waals surface area contributed by atoms with Gasteiger partial charge in [-0.05, 0) is 25.8 Å². The molecular weight excluding hydrogens is 170 g/mol. The van der Waals surface area contributed by atoms with Crippen molar-refractivity contribution in [3.63, 3.8) is 0 Å². The minimum absolute atomic E-state index is 0.651. The van der Waals surface area contributed by atoms with Gasteiger partial charge in [0, 0.05) is 12.5 Å². The molecule has 0 aliphatic rings. The highest BCUT2D eigenvalue weighted by Gasteiger charge is 2.05. The predicted octanol–water partition coefficient (Wildman–Crippen LogP) is 3.35. The molecule has 0 heterocycles. The van der Waals surface area contributed by atoms with Crippen LogP contribution in [0.1, 0.15) is 58.8 Å². The van der Waals surface area contributed by atoms with Crippen LogP contribution in [-0.2, 0) is 0 Å². The summed E-state index contributed by atoms with van der Waals surface area (Å²) in [6, 6.07) is 0.651. The Labute approximate surface area is 89.7 Å². The monoisotopic (exact) mass is 195 g/mol. The molecule has 14 heavy (non-hydrogen) atoms. The van der Waals surface area contributed by atoms with Crippen molar-refractivity contribution >= 4 is 0 Å². The third-order valence-corrected chi connectivity index (χ3v) is 2.48. The van der Waals surface area contributed by atoms with E-state index in [2.05, 4.69) is 25.1 Å². The molecule has 0 bridgehead atoms. The average Bonchev–Trinajstić information content (AvgIpc) is 2.21. The van der Waals surface area contributed by atoms with Crippen molar-refractivity contribution in [1.82, 2.24) is 5.32 Å². The van der Waals surface area contributed by atoms with E-state index < -0.39 is 0 Å². The third-order valence-electron chi connectivity index (χ3n) is 2.48. The lowest BCUT2D eigenvalue weighted by Crippen LogP contribution is -2.29. The first-order valence-corrected chi connectivity index (χ1v) is 6.02. The summed E-state index contributed by atoms with van der Waals surface area (Å²) in [7, 11) is 0. The van der Waals surface area contributed by atoms with Crippen LogP contribution in [0.2, 0.25) is 0 Å². The van der Waals surface area contributed by atoms with Crippen molar-refractivity contribution in [1.29, 1.82) is 0 Å². The summed E-state index contributed by atoms with van der Waals surface area (Å²) in [5.74, 6) is 2.73. The van der Waals surface area contributed by atoms with E-state index >= 15 is 0 Å². The van der Waals surface area contributed by atoms with Crippen LogP contribution in [0.3, 0.4) is 0 Å². The highest BCUT2D eigenvalue weighted by Crippen LogP contribution is 2.08. The lowest BCUT2D eigenvalue weighted by Gasteiger charge is -2.17. The van der Waals surface area contributed by atoms with Gasteiger partial charge in [0.25, 0.3) is 0 Å². The number of rotatable bonds is 9. The molecule has 0 spiro atoms. The molecule has 82 valence electrons. The van der Waals surface area contributed by atoms with Crippen molar-refractivity contribution in [3.05, 3.63) is 0 Å². The van der Waals surface area contributed by atoms with Crippen LogP contribution in [0.25, 0.3) is 0 Å². The fourth-order valence-electron chi connectivity index (χ4n) is 1.60. The average molecular weight is 195 g/mol. The van der Waals surface area contributed by atoms with Crippen LogP contribution in [-0.4, -0.2) is 12.6 Å². The summed E-state index contributed by atoms with van der Waals surface area (Å²) in [5.41, 5.74) is 0. The molecule has 0 amide bonds. The van der Waals surface area contributed by atoms with Crippen molar-refractivity contribution in [2.75, 3.05) is 6.54 Å². The van der Waals surface area contributed by atoms with Gasteiger partial charge in [-0.25, -0.2) is 0 Å². The van der Waals surface area contributed by atoms with Gasteiger partial charge < -0.3 is 5.32 Å². The van der Waals surface area contributed by atoms with E-state index in [1.807, 2.05) is 0 Å². The SMILES string of the molecule is C#CCCC(CCCCC)NCCC. The Kier molecular flexibility index (Phi) is 10.2. The van der Waals surface area contributed by atoms with Crippen LogP contribution in [0.15, 0.2) is 0 Å². The second-order valence-electron chi connectivity index (χ2n) is 3.89. The second kappa shape index (κ2) is 10.6. The molecule has 0 saturated carbocycles. The molecule has 0 aliphatic heterocycles. The Morgan fingerprint density at radius 2 is 1.93 bits per heavy atom. The zero-order valence-electron chi connectivity index (χ0n) is 9.81. The van der Waals surface area contributed by atoms with Crippen LogP contribution in [0.4, 0.5) is 0 Å². The largest absolute Gasteiger partial charge is 0.314 e. The third kappa shape index (κ3) is 8.13. The van der Waals surface area contributed by atoms with Gasteiger partial charge in [-0.2, -0.15) is 0 Å². The minimum atomic E-state index is 0.651. The molecule has 1 nitrogen and oxygen atoms in total.